The minimum atomic E-state index is -0.0971. The minimum absolute atomic E-state index is 0.0971. The van der Waals surface area contributed by atoms with E-state index in [2.05, 4.69) is 15.4 Å². The third kappa shape index (κ3) is 26.0. The molecule has 124 valence electrons. The van der Waals surface area contributed by atoms with Gasteiger partial charge in [-0.05, 0) is 32.9 Å². The molecule has 2 N–H and O–H groups in total. The zero-order valence-corrected chi connectivity index (χ0v) is 14.4. The van der Waals surface area contributed by atoms with Gasteiger partial charge in [0.15, 0.2) is 0 Å². The zero-order chi connectivity index (χ0) is 16.1. The van der Waals surface area contributed by atoms with Gasteiger partial charge in [0.2, 0.25) is 5.91 Å². The molecule has 0 heterocycles. The van der Waals surface area contributed by atoms with Crippen molar-refractivity contribution in [2.75, 3.05) is 47.1 Å². The van der Waals surface area contributed by atoms with Gasteiger partial charge in [0.25, 0.3) is 0 Å². The molecule has 0 aromatic heterocycles. The Morgan fingerprint density at radius 3 is 2.15 bits per heavy atom. The molecule has 0 aliphatic carbocycles. The van der Waals surface area contributed by atoms with E-state index in [0.717, 1.165) is 19.6 Å². The molecular weight excluding hydrogens is 256 g/mol. The highest BCUT2D eigenvalue weighted by atomic mass is 16.5. The summed E-state index contributed by atoms with van der Waals surface area (Å²) < 4.78 is 10.0. The Labute approximate surface area is 125 Å². The molecule has 0 saturated carbocycles. The van der Waals surface area contributed by atoms with Crippen LogP contribution in [0.15, 0.2) is 0 Å². The quantitative estimate of drug-likeness (QED) is 0.573. The Morgan fingerprint density at radius 1 is 0.950 bits per heavy atom. The van der Waals surface area contributed by atoms with Gasteiger partial charge in [-0.15, -0.1) is 0 Å². The summed E-state index contributed by atoms with van der Waals surface area (Å²) in [6.45, 7) is 11.1. The fourth-order valence-electron chi connectivity index (χ4n) is 1.23. The number of hydrogen-bond donors (Lipinski definition) is 2. The lowest BCUT2D eigenvalue weighted by molar-refractivity contribution is -0.124. The molecule has 5 heteroatoms. The largest absolute Gasteiger partial charge is 0.380 e. The van der Waals surface area contributed by atoms with Gasteiger partial charge in [-0.3, -0.25) is 4.79 Å². The van der Waals surface area contributed by atoms with Crippen molar-refractivity contribution in [2.24, 2.45) is 0 Å². The van der Waals surface area contributed by atoms with Crippen LogP contribution in [0.2, 0.25) is 0 Å². The fourth-order valence-corrected chi connectivity index (χ4v) is 1.23. The molecule has 0 aromatic rings. The van der Waals surface area contributed by atoms with Crippen molar-refractivity contribution >= 4 is 5.91 Å². The fraction of sp³-hybridized carbons (Fsp3) is 0.933. The molecule has 0 spiro atoms. The first-order valence-electron chi connectivity index (χ1n) is 7.79. The highest BCUT2D eigenvalue weighted by molar-refractivity contribution is 5.77. The average Bonchev–Trinajstić information content (AvgIpc) is 2.50. The van der Waals surface area contributed by atoms with Crippen molar-refractivity contribution in [3.05, 3.63) is 0 Å². The lowest BCUT2D eigenvalue weighted by Crippen LogP contribution is -2.30. The standard InChI is InChI=1S/C11H24N2O3.2C2H6/c1-12-6-4-3-5-8-16-9-7-13-11(14)10-15-2;2*1-2/h12H,3-10H2,1-2H3,(H,13,14);2*1-2H3. The summed E-state index contributed by atoms with van der Waals surface area (Å²) in [7, 11) is 3.46. The molecule has 5 nitrogen and oxygen atoms in total. The number of unbranched alkanes of at least 4 members (excludes halogenated alkanes) is 2. The number of nitrogens with one attached hydrogen (secondary N) is 2. The van der Waals surface area contributed by atoms with Gasteiger partial charge in [-0.25, -0.2) is 0 Å². The van der Waals surface area contributed by atoms with E-state index >= 15 is 0 Å². The molecule has 0 rings (SSSR count). The number of hydrogen-bond acceptors (Lipinski definition) is 4. The number of ether oxygens (including phenoxy) is 2. The lowest BCUT2D eigenvalue weighted by Gasteiger charge is -2.06. The molecule has 0 atom stereocenters. The Hall–Kier alpha value is -0.650. The molecule has 0 bridgehead atoms. The predicted molar refractivity (Wildman–Crippen MR) is 86.2 cm³/mol. The van der Waals surface area contributed by atoms with Gasteiger partial charge in [0.1, 0.15) is 6.61 Å². The average molecular weight is 292 g/mol. The van der Waals surface area contributed by atoms with Gasteiger partial charge < -0.3 is 20.1 Å². The summed E-state index contributed by atoms with van der Waals surface area (Å²) in [5, 5.41) is 5.80. The zero-order valence-electron chi connectivity index (χ0n) is 14.4. The van der Waals surface area contributed by atoms with E-state index in [4.69, 9.17) is 4.74 Å². The number of amides is 1. The molecule has 1 amide bonds. The van der Waals surface area contributed by atoms with Gasteiger partial charge in [0.05, 0.1) is 6.61 Å². The van der Waals surface area contributed by atoms with Crippen LogP contribution >= 0.6 is 0 Å². The first-order chi connectivity index (χ1) is 9.81. The highest BCUT2D eigenvalue weighted by Crippen LogP contribution is 1.93. The molecule has 0 aliphatic rings. The van der Waals surface area contributed by atoms with Crippen LogP contribution in [-0.4, -0.2) is 53.0 Å². The van der Waals surface area contributed by atoms with Crippen LogP contribution in [0, 0.1) is 0 Å². The highest BCUT2D eigenvalue weighted by Gasteiger charge is 1.97. The number of rotatable bonds is 11. The van der Waals surface area contributed by atoms with Gasteiger partial charge in [-0.1, -0.05) is 27.7 Å². The second-order valence-corrected chi connectivity index (χ2v) is 3.56. The van der Waals surface area contributed by atoms with Crippen molar-refractivity contribution in [1.82, 2.24) is 10.6 Å². The maximum atomic E-state index is 11.0. The van der Waals surface area contributed by atoms with Gasteiger partial charge >= 0.3 is 0 Å². The van der Waals surface area contributed by atoms with Crippen LogP contribution in [0.1, 0.15) is 47.0 Å². The van der Waals surface area contributed by atoms with Crippen molar-refractivity contribution in [3.8, 4) is 0 Å². The molecule has 0 aromatic carbocycles. The molecule has 20 heavy (non-hydrogen) atoms. The number of methoxy groups -OCH3 is 1. The maximum Gasteiger partial charge on any atom is 0.246 e. The summed E-state index contributed by atoms with van der Waals surface area (Å²) in [5.41, 5.74) is 0. The second kappa shape index (κ2) is 26.8. The van der Waals surface area contributed by atoms with Crippen LogP contribution in [0.5, 0.6) is 0 Å². The lowest BCUT2D eigenvalue weighted by atomic mass is 10.2. The first kappa shape index (κ1) is 24.4. The van der Waals surface area contributed by atoms with Crippen molar-refractivity contribution < 1.29 is 14.3 Å². The topological polar surface area (TPSA) is 59.6 Å². The summed E-state index contributed by atoms with van der Waals surface area (Å²) in [6.07, 6.45) is 3.44. The minimum Gasteiger partial charge on any atom is -0.380 e. The molecule has 0 fully saturated rings. The van der Waals surface area contributed by atoms with Crippen LogP contribution in [-0.2, 0) is 14.3 Å². The maximum absolute atomic E-state index is 11.0. The first-order valence-corrected chi connectivity index (χ1v) is 7.79. The molecule has 0 aliphatic heterocycles. The normalized spacial score (nSPS) is 8.90. The number of carbonyl (C=O) groups is 1. The summed E-state index contributed by atoms with van der Waals surface area (Å²) >= 11 is 0. The van der Waals surface area contributed by atoms with Crippen LogP contribution in [0.3, 0.4) is 0 Å². The van der Waals surface area contributed by atoms with Crippen molar-refractivity contribution in [2.45, 2.75) is 47.0 Å². The second-order valence-electron chi connectivity index (χ2n) is 3.56. The van der Waals surface area contributed by atoms with Crippen molar-refractivity contribution in [1.29, 1.82) is 0 Å². The van der Waals surface area contributed by atoms with Crippen LogP contribution < -0.4 is 10.6 Å². The van der Waals surface area contributed by atoms with Crippen LogP contribution in [0.4, 0.5) is 0 Å². The summed E-state index contributed by atoms with van der Waals surface area (Å²) in [4.78, 5) is 11.0. The van der Waals surface area contributed by atoms with E-state index in [0.29, 0.717) is 13.2 Å². The Balaban J connectivity index is -0.000000656. The summed E-state index contributed by atoms with van der Waals surface area (Å²) in [5.74, 6) is -0.0971. The third-order valence-electron chi connectivity index (χ3n) is 2.06. The Kier molecular flexibility index (Phi) is 32.7. The van der Waals surface area contributed by atoms with E-state index in [-0.39, 0.29) is 12.5 Å². The molecular formula is C15H36N2O3. The van der Waals surface area contributed by atoms with E-state index in [1.54, 1.807) is 0 Å². The van der Waals surface area contributed by atoms with Gasteiger partial charge in [0, 0.05) is 20.3 Å². The number of carbonyl (C=O) groups excluding carboxylic acids is 1. The smallest absolute Gasteiger partial charge is 0.246 e. The Morgan fingerprint density at radius 2 is 1.60 bits per heavy atom. The van der Waals surface area contributed by atoms with Crippen LogP contribution in [0.25, 0.3) is 0 Å². The third-order valence-corrected chi connectivity index (χ3v) is 2.06. The molecule has 0 saturated heterocycles. The predicted octanol–water partition coefficient (Wildman–Crippen LogP) is 2.21. The van der Waals surface area contributed by atoms with E-state index in [9.17, 15) is 4.79 Å². The molecule has 0 unspecified atom stereocenters. The monoisotopic (exact) mass is 292 g/mol. The molecule has 0 radical (unpaired) electrons. The van der Waals surface area contributed by atoms with Crippen molar-refractivity contribution in [3.63, 3.8) is 0 Å². The summed E-state index contributed by atoms with van der Waals surface area (Å²) in [6, 6.07) is 0. The van der Waals surface area contributed by atoms with E-state index < -0.39 is 0 Å². The SMILES string of the molecule is CC.CC.CNCCCCCOCCNC(=O)COC. The van der Waals surface area contributed by atoms with Gasteiger partial charge in [-0.2, -0.15) is 0 Å². The Bertz CT molecular complexity index is 167. The van der Waals surface area contributed by atoms with E-state index in [1.165, 1.54) is 20.0 Å². The van der Waals surface area contributed by atoms with E-state index in [1.807, 2.05) is 34.7 Å².